The van der Waals surface area contributed by atoms with Crippen LogP contribution in [0.3, 0.4) is 0 Å². The minimum atomic E-state index is -0.0589. The largest absolute Gasteiger partial charge is 0.376 e. The van der Waals surface area contributed by atoms with E-state index in [4.69, 9.17) is 0 Å². The van der Waals surface area contributed by atoms with Crippen molar-refractivity contribution in [2.75, 3.05) is 23.3 Å². The van der Waals surface area contributed by atoms with Gasteiger partial charge in [-0.25, -0.2) is 0 Å². The van der Waals surface area contributed by atoms with Gasteiger partial charge in [0.25, 0.3) is 5.91 Å². The topological polar surface area (TPSA) is 61.4 Å². The molecular formula is C20H25N3O2. The summed E-state index contributed by atoms with van der Waals surface area (Å²) in [7, 11) is 0. The highest BCUT2D eigenvalue weighted by Gasteiger charge is 2.15. The Balaban J connectivity index is 2.01. The minimum absolute atomic E-state index is 0.0437. The summed E-state index contributed by atoms with van der Waals surface area (Å²) in [5.74, 6) is -0.103. The average molecular weight is 339 g/mol. The van der Waals surface area contributed by atoms with Gasteiger partial charge in [0, 0.05) is 29.5 Å². The number of hydrogen-bond acceptors (Lipinski definition) is 3. The van der Waals surface area contributed by atoms with E-state index in [9.17, 15) is 9.59 Å². The van der Waals surface area contributed by atoms with Gasteiger partial charge >= 0.3 is 0 Å². The number of nitrogens with zero attached hydrogens (tertiary/aromatic N) is 1. The van der Waals surface area contributed by atoms with Gasteiger partial charge in [0.15, 0.2) is 0 Å². The lowest BCUT2D eigenvalue weighted by atomic mass is 10.1. The van der Waals surface area contributed by atoms with Crippen LogP contribution in [-0.4, -0.2) is 30.9 Å². The molecule has 5 nitrogen and oxygen atoms in total. The van der Waals surface area contributed by atoms with E-state index in [1.165, 1.54) is 0 Å². The lowest BCUT2D eigenvalue weighted by molar-refractivity contribution is -0.119. The van der Waals surface area contributed by atoms with E-state index in [2.05, 4.69) is 10.6 Å². The van der Waals surface area contributed by atoms with E-state index in [1.807, 2.05) is 63.2 Å². The molecule has 0 unspecified atom stereocenters. The van der Waals surface area contributed by atoms with E-state index in [0.717, 1.165) is 11.4 Å². The van der Waals surface area contributed by atoms with Crippen LogP contribution in [0.25, 0.3) is 0 Å². The summed E-state index contributed by atoms with van der Waals surface area (Å²) in [6.45, 7) is 6.60. The van der Waals surface area contributed by atoms with Crippen LogP contribution >= 0.6 is 0 Å². The van der Waals surface area contributed by atoms with Gasteiger partial charge in [0.2, 0.25) is 5.91 Å². The minimum Gasteiger partial charge on any atom is -0.376 e. The second kappa shape index (κ2) is 8.87. The summed E-state index contributed by atoms with van der Waals surface area (Å²) in [5, 5.41) is 5.87. The van der Waals surface area contributed by atoms with Gasteiger partial charge in [-0.1, -0.05) is 18.2 Å². The fourth-order valence-corrected chi connectivity index (χ4v) is 2.49. The number of nitrogens with one attached hydrogen (secondary N) is 2. The summed E-state index contributed by atoms with van der Waals surface area (Å²) in [6.07, 6.45) is 0. The fraction of sp³-hybridized carbons (Fsp3) is 0.300. The van der Waals surface area contributed by atoms with Gasteiger partial charge in [0.1, 0.15) is 0 Å². The number of benzene rings is 2. The lowest BCUT2D eigenvalue weighted by Crippen LogP contribution is -2.34. The molecule has 2 aromatic carbocycles. The summed E-state index contributed by atoms with van der Waals surface area (Å²) < 4.78 is 0. The first-order valence-corrected chi connectivity index (χ1v) is 8.51. The zero-order valence-corrected chi connectivity index (χ0v) is 15.0. The predicted octanol–water partition coefficient (Wildman–Crippen LogP) is 3.29. The first-order chi connectivity index (χ1) is 12.0. The van der Waals surface area contributed by atoms with Crippen LogP contribution in [0.2, 0.25) is 0 Å². The zero-order valence-electron chi connectivity index (χ0n) is 15.0. The molecule has 132 valence electrons. The highest BCUT2D eigenvalue weighted by molar-refractivity contribution is 6.06. The molecule has 0 spiro atoms. The number of anilines is 2. The van der Waals surface area contributed by atoms with Crippen LogP contribution in [0, 0.1) is 0 Å². The standard InChI is InChI=1S/C20H25N3O2/c1-4-23(18-8-6-5-7-9-18)20(25)16-10-12-17(13-11-16)21-14-19(24)22-15(2)3/h5-13,15,21H,4,14H2,1-3H3,(H,22,24). The Morgan fingerprint density at radius 1 is 1.00 bits per heavy atom. The Labute approximate surface area is 149 Å². The SMILES string of the molecule is CCN(C(=O)c1ccc(NCC(=O)NC(C)C)cc1)c1ccccc1. The number of carbonyl (C=O) groups is 2. The summed E-state index contributed by atoms with van der Waals surface area (Å²) in [4.78, 5) is 26.1. The summed E-state index contributed by atoms with van der Waals surface area (Å²) >= 11 is 0. The highest BCUT2D eigenvalue weighted by atomic mass is 16.2. The lowest BCUT2D eigenvalue weighted by Gasteiger charge is -2.21. The van der Waals surface area contributed by atoms with E-state index < -0.39 is 0 Å². The van der Waals surface area contributed by atoms with Crippen molar-refractivity contribution in [1.82, 2.24) is 5.32 Å². The van der Waals surface area contributed by atoms with Crippen molar-refractivity contribution in [3.63, 3.8) is 0 Å². The summed E-state index contributed by atoms with van der Waals surface area (Å²) in [6, 6.07) is 16.9. The van der Waals surface area contributed by atoms with Crippen LogP contribution in [0.5, 0.6) is 0 Å². The fourth-order valence-electron chi connectivity index (χ4n) is 2.49. The summed E-state index contributed by atoms with van der Waals surface area (Å²) in [5.41, 5.74) is 2.30. The molecule has 2 aromatic rings. The molecular weight excluding hydrogens is 314 g/mol. The number of carbonyl (C=O) groups excluding carboxylic acids is 2. The van der Waals surface area contributed by atoms with Crippen LogP contribution in [0.1, 0.15) is 31.1 Å². The number of para-hydroxylation sites is 1. The van der Waals surface area contributed by atoms with Gasteiger partial charge < -0.3 is 15.5 Å². The number of hydrogen-bond donors (Lipinski definition) is 2. The van der Waals surface area contributed by atoms with Crippen LogP contribution < -0.4 is 15.5 Å². The molecule has 0 saturated heterocycles. The first-order valence-electron chi connectivity index (χ1n) is 8.51. The molecule has 0 aliphatic heterocycles. The molecule has 5 heteroatoms. The van der Waals surface area contributed by atoms with Crippen LogP contribution in [0.15, 0.2) is 54.6 Å². The molecule has 0 saturated carbocycles. The van der Waals surface area contributed by atoms with Crippen molar-refractivity contribution in [2.45, 2.75) is 26.8 Å². The molecule has 0 aliphatic carbocycles. The van der Waals surface area contributed by atoms with Crippen LogP contribution in [-0.2, 0) is 4.79 Å². The van der Waals surface area contributed by atoms with Gasteiger partial charge in [-0.3, -0.25) is 9.59 Å². The second-order valence-electron chi connectivity index (χ2n) is 6.04. The Hall–Kier alpha value is -2.82. The molecule has 0 heterocycles. The first kappa shape index (κ1) is 18.5. The molecule has 0 aromatic heterocycles. The monoisotopic (exact) mass is 339 g/mol. The van der Waals surface area contributed by atoms with E-state index in [-0.39, 0.29) is 24.4 Å². The molecule has 0 bridgehead atoms. The molecule has 2 rings (SSSR count). The average Bonchev–Trinajstić information content (AvgIpc) is 2.61. The van der Waals surface area contributed by atoms with Gasteiger partial charge in [0.05, 0.1) is 6.54 Å². The van der Waals surface area contributed by atoms with Crippen LogP contribution in [0.4, 0.5) is 11.4 Å². The zero-order chi connectivity index (χ0) is 18.2. The number of rotatable bonds is 7. The number of amides is 2. The Morgan fingerprint density at radius 3 is 2.20 bits per heavy atom. The smallest absolute Gasteiger partial charge is 0.258 e. The molecule has 0 radical (unpaired) electrons. The maximum absolute atomic E-state index is 12.7. The van der Waals surface area contributed by atoms with E-state index in [0.29, 0.717) is 12.1 Å². The third-order valence-corrected chi connectivity index (χ3v) is 3.66. The van der Waals surface area contributed by atoms with Crippen molar-refractivity contribution in [2.24, 2.45) is 0 Å². The third kappa shape index (κ3) is 5.35. The van der Waals surface area contributed by atoms with E-state index >= 15 is 0 Å². The van der Waals surface area contributed by atoms with Crippen molar-refractivity contribution in [1.29, 1.82) is 0 Å². The maximum Gasteiger partial charge on any atom is 0.258 e. The van der Waals surface area contributed by atoms with Crippen molar-refractivity contribution in [3.8, 4) is 0 Å². The normalized spacial score (nSPS) is 10.4. The Kier molecular flexibility index (Phi) is 6.57. The van der Waals surface area contributed by atoms with Crippen molar-refractivity contribution in [3.05, 3.63) is 60.2 Å². The third-order valence-electron chi connectivity index (χ3n) is 3.66. The highest BCUT2D eigenvalue weighted by Crippen LogP contribution is 2.18. The molecule has 2 N–H and O–H groups in total. The maximum atomic E-state index is 12.7. The Morgan fingerprint density at radius 2 is 1.64 bits per heavy atom. The van der Waals surface area contributed by atoms with Gasteiger partial charge in [-0.2, -0.15) is 0 Å². The molecule has 0 fully saturated rings. The van der Waals surface area contributed by atoms with Gasteiger partial charge in [-0.15, -0.1) is 0 Å². The Bertz CT molecular complexity index is 697. The van der Waals surface area contributed by atoms with E-state index in [1.54, 1.807) is 17.0 Å². The second-order valence-corrected chi connectivity index (χ2v) is 6.04. The molecule has 0 aliphatic rings. The molecule has 25 heavy (non-hydrogen) atoms. The molecule has 2 amide bonds. The molecule has 0 atom stereocenters. The predicted molar refractivity (Wildman–Crippen MR) is 102 cm³/mol. The van der Waals surface area contributed by atoms with Gasteiger partial charge in [-0.05, 0) is 57.2 Å². The van der Waals surface area contributed by atoms with Crippen molar-refractivity contribution >= 4 is 23.2 Å². The quantitative estimate of drug-likeness (QED) is 0.814. The van der Waals surface area contributed by atoms with Crippen molar-refractivity contribution < 1.29 is 9.59 Å².